The minimum atomic E-state index is -0.906. The standard InChI is InChI=1S/C9H16O3/c1-4-9(3,8(11)12)6-5-7(2)10/h4,7,10H,1,5-6H2,2-3H3,(H,11,12). The van der Waals surface area contributed by atoms with Gasteiger partial charge in [0, 0.05) is 0 Å². The van der Waals surface area contributed by atoms with E-state index in [0.29, 0.717) is 12.8 Å². The molecule has 3 nitrogen and oxygen atoms in total. The van der Waals surface area contributed by atoms with E-state index in [1.54, 1.807) is 13.8 Å². The predicted octanol–water partition coefficient (Wildman–Crippen LogP) is 1.42. The molecule has 0 saturated heterocycles. The van der Waals surface area contributed by atoms with Crippen LogP contribution >= 0.6 is 0 Å². The number of carbonyl (C=O) groups is 1. The van der Waals surface area contributed by atoms with Crippen molar-refractivity contribution in [2.75, 3.05) is 0 Å². The van der Waals surface area contributed by atoms with Crippen molar-refractivity contribution in [2.45, 2.75) is 32.8 Å². The Bertz CT molecular complexity index is 175. The molecule has 0 fully saturated rings. The fraction of sp³-hybridized carbons (Fsp3) is 0.667. The summed E-state index contributed by atoms with van der Waals surface area (Å²) in [6.07, 6.45) is 1.86. The van der Waals surface area contributed by atoms with E-state index in [9.17, 15) is 4.79 Å². The Hall–Kier alpha value is -0.830. The molecule has 3 heteroatoms. The van der Waals surface area contributed by atoms with Gasteiger partial charge in [-0.25, -0.2) is 0 Å². The van der Waals surface area contributed by atoms with Gasteiger partial charge in [0.05, 0.1) is 11.5 Å². The van der Waals surface area contributed by atoms with Crippen LogP contribution in [-0.4, -0.2) is 22.3 Å². The molecule has 0 aromatic carbocycles. The van der Waals surface area contributed by atoms with Gasteiger partial charge in [0.1, 0.15) is 0 Å². The molecule has 70 valence electrons. The van der Waals surface area contributed by atoms with Crippen LogP contribution in [-0.2, 0) is 4.79 Å². The van der Waals surface area contributed by atoms with Crippen LogP contribution in [0.3, 0.4) is 0 Å². The molecule has 0 aliphatic rings. The van der Waals surface area contributed by atoms with Crippen molar-refractivity contribution in [1.82, 2.24) is 0 Å². The zero-order valence-corrected chi connectivity index (χ0v) is 7.58. The highest BCUT2D eigenvalue weighted by Gasteiger charge is 2.29. The van der Waals surface area contributed by atoms with Crippen LogP contribution in [0.25, 0.3) is 0 Å². The van der Waals surface area contributed by atoms with Crippen molar-refractivity contribution in [3.05, 3.63) is 12.7 Å². The number of aliphatic hydroxyl groups is 1. The lowest BCUT2D eigenvalue weighted by Gasteiger charge is -2.20. The van der Waals surface area contributed by atoms with Crippen LogP contribution in [0, 0.1) is 5.41 Å². The zero-order valence-electron chi connectivity index (χ0n) is 7.58. The zero-order chi connectivity index (χ0) is 9.78. The topological polar surface area (TPSA) is 57.5 Å². The lowest BCUT2D eigenvalue weighted by Crippen LogP contribution is -2.26. The molecule has 0 amide bonds. The SMILES string of the molecule is C=CC(C)(CCC(C)O)C(=O)O. The maximum atomic E-state index is 10.7. The van der Waals surface area contributed by atoms with E-state index in [-0.39, 0.29) is 0 Å². The van der Waals surface area contributed by atoms with Gasteiger partial charge in [-0.3, -0.25) is 4.79 Å². The van der Waals surface area contributed by atoms with Crippen molar-refractivity contribution < 1.29 is 15.0 Å². The van der Waals surface area contributed by atoms with Crippen LogP contribution in [0.15, 0.2) is 12.7 Å². The molecule has 0 rings (SSSR count). The highest BCUT2D eigenvalue weighted by molar-refractivity contribution is 5.76. The maximum Gasteiger partial charge on any atom is 0.313 e. The molecule has 0 bridgehead atoms. The Balaban J connectivity index is 4.15. The van der Waals surface area contributed by atoms with Crippen LogP contribution in [0.5, 0.6) is 0 Å². The number of hydrogen-bond donors (Lipinski definition) is 2. The van der Waals surface area contributed by atoms with Crippen LogP contribution in [0.4, 0.5) is 0 Å². The molecule has 12 heavy (non-hydrogen) atoms. The fourth-order valence-corrected chi connectivity index (χ4v) is 0.805. The van der Waals surface area contributed by atoms with Gasteiger partial charge < -0.3 is 10.2 Å². The highest BCUT2D eigenvalue weighted by Crippen LogP contribution is 2.25. The van der Waals surface area contributed by atoms with Crippen molar-refractivity contribution in [1.29, 1.82) is 0 Å². The Morgan fingerprint density at radius 1 is 1.75 bits per heavy atom. The molecule has 0 aromatic rings. The monoisotopic (exact) mass is 172 g/mol. The Morgan fingerprint density at radius 3 is 2.50 bits per heavy atom. The summed E-state index contributed by atoms with van der Waals surface area (Å²) in [6.45, 7) is 6.72. The Kier molecular flexibility index (Phi) is 3.96. The van der Waals surface area contributed by atoms with Crippen molar-refractivity contribution in [3.63, 3.8) is 0 Å². The number of carboxylic acids is 1. The molecule has 0 saturated carbocycles. The molecular weight excluding hydrogens is 156 g/mol. The summed E-state index contributed by atoms with van der Waals surface area (Å²) in [5, 5.41) is 17.8. The van der Waals surface area contributed by atoms with Crippen molar-refractivity contribution >= 4 is 5.97 Å². The lowest BCUT2D eigenvalue weighted by molar-refractivity contribution is -0.145. The van der Waals surface area contributed by atoms with Gasteiger partial charge in [0.2, 0.25) is 0 Å². The minimum Gasteiger partial charge on any atom is -0.481 e. The molecule has 0 aromatic heterocycles. The van der Waals surface area contributed by atoms with Gasteiger partial charge in [-0.2, -0.15) is 0 Å². The highest BCUT2D eigenvalue weighted by atomic mass is 16.4. The molecule has 0 aliphatic carbocycles. The second-order valence-corrected chi connectivity index (χ2v) is 3.31. The molecule has 2 N–H and O–H groups in total. The summed E-state index contributed by atoms with van der Waals surface area (Å²) in [4.78, 5) is 10.7. The summed E-state index contributed by atoms with van der Waals surface area (Å²) < 4.78 is 0. The quantitative estimate of drug-likeness (QED) is 0.617. The average molecular weight is 172 g/mol. The van der Waals surface area contributed by atoms with E-state index in [1.807, 2.05) is 0 Å². The van der Waals surface area contributed by atoms with Gasteiger partial charge in [0.25, 0.3) is 0 Å². The first-order chi connectivity index (χ1) is 5.42. The maximum absolute atomic E-state index is 10.7. The van der Waals surface area contributed by atoms with Crippen LogP contribution in [0.1, 0.15) is 26.7 Å². The number of aliphatic hydroxyl groups excluding tert-OH is 1. The van der Waals surface area contributed by atoms with Gasteiger partial charge >= 0.3 is 5.97 Å². The Morgan fingerprint density at radius 2 is 2.25 bits per heavy atom. The first-order valence-electron chi connectivity index (χ1n) is 3.97. The van der Waals surface area contributed by atoms with E-state index in [2.05, 4.69) is 6.58 Å². The molecule has 0 heterocycles. The molecule has 2 unspecified atom stereocenters. The fourth-order valence-electron chi connectivity index (χ4n) is 0.805. The summed E-state index contributed by atoms with van der Waals surface area (Å²) in [5.74, 6) is -0.891. The molecular formula is C9H16O3. The van der Waals surface area contributed by atoms with Gasteiger partial charge in [0.15, 0.2) is 0 Å². The summed E-state index contributed by atoms with van der Waals surface area (Å²) in [6, 6.07) is 0. The normalized spacial score (nSPS) is 17.9. The Labute approximate surface area is 72.7 Å². The second kappa shape index (κ2) is 4.26. The van der Waals surface area contributed by atoms with E-state index >= 15 is 0 Å². The van der Waals surface area contributed by atoms with E-state index in [1.165, 1.54) is 6.08 Å². The lowest BCUT2D eigenvalue weighted by atomic mass is 9.85. The molecule has 0 spiro atoms. The predicted molar refractivity (Wildman–Crippen MR) is 46.9 cm³/mol. The largest absolute Gasteiger partial charge is 0.481 e. The smallest absolute Gasteiger partial charge is 0.313 e. The average Bonchev–Trinajstić information content (AvgIpc) is 1.99. The minimum absolute atomic E-state index is 0.420. The third-order valence-electron chi connectivity index (χ3n) is 2.02. The number of carboxylic acid groups (broad SMARTS) is 1. The third kappa shape index (κ3) is 3.05. The van der Waals surface area contributed by atoms with E-state index in [0.717, 1.165) is 0 Å². The summed E-state index contributed by atoms with van der Waals surface area (Å²) in [7, 11) is 0. The number of rotatable bonds is 5. The van der Waals surface area contributed by atoms with Gasteiger partial charge in [-0.05, 0) is 26.7 Å². The van der Waals surface area contributed by atoms with Gasteiger partial charge in [-0.15, -0.1) is 6.58 Å². The molecule has 2 atom stereocenters. The van der Waals surface area contributed by atoms with Gasteiger partial charge in [-0.1, -0.05) is 6.08 Å². The summed E-state index contributed by atoms with van der Waals surface area (Å²) in [5.41, 5.74) is -0.906. The third-order valence-corrected chi connectivity index (χ3v) is 2.02. The summed E-state index contributed by atoms with van der Waals surface area (Å²) >= 11 is 0. The van der Waals surface area contributed by atoms with Crippen LogP contribution in [0.2, 0.25) is 0 Å². The van der Waals surface area contributed by atoms with Crippen molar-refractivity contribution in [3.8, 4) is 0 Å². The van der Waals surface area contributed by atoms with E-state index in [4.69, 9.17) is 10.2 Å². The number of aliphatic carboxylic acids is 1. The first-order valence-corrected chi connectivity index (χ1v) is 3.97. The number of hydrogen-bond acceptors (Lipinski definition) is 2. The molecule has 0 radical (unpaired) electrons. The van der Waals surface area contributed by atoms with Crippen LogP contribution < -0.4 is 0 Å². The molecule has 0 aliphatic heterocycles. The second-order valence-electron chi connectivity index (χ2n) is 3.31. The van der Waals surface area contributed by atoms with E-state index < -0.39 is 17.5 Å². The first kappa shape index (κ1) is 11.2. The van der Waals surface area contributed by atoms with Crippen molar-refractivity contribution in [2.24, 2.45) is 5.41 Å².